The molecule has 0 fully saturated rings. The molecule has 0 saturated carbocycles. The number of hydrogen-bond donors (Lipinski definition) is 2. The van der Waals surface area contributed by atoms with Crippen molar-refractivity contribution >= 4 is 17.6 Å². The fourth-order valence-electron chi connectivity index (χ4n) is 1.93. The molecule has 1 unspecified atom stereocenters. The normalized spacial score (nSPS) is 11.9. The highest BCUT2D eigenvalue weighted by molar-refractivity contribution is 5.91. The van der Waals surface area contributed by atoms with Crippen LogP contribution >= 0.6 is 0 Å². The van der Waals surface area contributed by atoms with Crippen molar-refractivity contribution in [1.29, 1.82) is 0 Å². The van der Waals surface area contributed by atoms with Crippen LogP contribution < -0.4 is 5.32 Å². The minimum Gasteiger partial charge on any atom is -0.481 e. The van der Waals surface area contributed by atoms with Gasteiger partial charge in [0.1, 0.15) is 0 Å². The molecule has 7 heteroatoms. The van der Waals surface area contributed by atoms with E-state index in [1.54, 1.807) is 31.2 Å². The van der Waals surface area contributed by atoms with E-state index in [1.165, 1.54) is 6.39 Å². The van der Waals surface area contributed by atoms with E-state index >= 15 is 0 Å². The zero-order chi connectivity index (χ0) is 15.2. The summed E-state index contributed by atoms with van der Waals surface area (Å²) in [5.41, 5.74) is 1.29. The highest BCUT2D eigenvalue weighted by Gasteiger charge is 2.13. The summed E-state index contributed by atoms with van der Waals surface area (Å²) in [6, 6.07) is 7.00. The molecule has 2 aromatic rings. The lowest BCUT2D eigenvalue weighted by molar-refractivity contribution is -0.138. The summed E-state index contributed by atoms with van der Waals surface area (Å²) in [5.74, 6) is -0.993. The van der Waals surface area contributed by atoms with E-state index in [2.05, 4.69) is 15.5 Å². The number of aromatic nitrogens is 2. The molecule has 2 rings (SSSR count). The molecule has 0 aliphatic rings. The molecule has 110 valence electrons. The standard InChI is InChI=1S/C14H15N3O4/c1-9(6-13(19)20)5-12(18)16-11-4-2-3-10(7-11)14-17-15-8-21-14/h2-4,7-9H,5-6H2,1H3,(H,16,18)(H,19,20). The molecule has 0 radical (unpaired) electrons. The lowest BCUT2D eigenvalue weighted by atomic mass is 10.0. The second-order valence-corrected chi connectivity index (χ2v) is 4.78. The quantitative estimate of drug-likeness (QED) is 0.844. The number of anilines is 1. The first-order valence-electron chi connectivity index (χ1n) is 6.43. The van der Waals surface area contributed by atoms with Crippen molar-refractivity contribution in [3.8, 4) is 11.5 Å². The van der Waals surface area contributed by atoms with E-state index in [0.29, 0.717) is 17.1 Å². The molecule has 1 aromatic carbocycles. The molecule has 0 aliphatic carbocycles. The predicted octanol–water partition coefficient (Wildman–Crippen LogP) is 2.18. The summed E-state index contributed by atoms with van der Waals surface area (Å²) in [6.07, 6.45) is 1.35. The number of nitrogens with one attached hydrogen (secondary N) is 1. The number of carbonyl (C=O) groups excluding carboxylic acids is 1. The molecule has 0 spiro atoms. The Bertz CT molecular complexity index is 625. The second-order valence-electron chi connectivity index (χ2n) is 4.78. The molecule has 1 heterocycles. The molecular weight excluding hydrogens is 274 g/mol. The van der Waals surface area contributed by atoms with Crippen molar-refractivity contribution < 1.29 is 19.1 Å². The predicted molar refractivity (Wildman–Crippen MR) is 74.4 cm³/mol. The Morgan fingerprint density at radius 1 is 1.38 bits per heavy atom. The summed E-state index contributed by atoms with van der Waals surface area (Å²) in [6.45, 7) is 1.72. The Morgan fingerprint density at radius 3 is 2.86 bits per heavy atom. The summed E-state index contributed by atoms with van der Waals surface area (Å²) in [5, 5.41) is 18.8. The molecule has 1 amide bonds. The van der Waals surface area contributed by atoms with Gasteiger partial charge in [0.05, 0.1) is 0 Å². The van der Waals surface area contributed by atoms with Crippen LogP contribution in [0.2, 0.25) is 0 Å². The van der Waals surface area contributed by atoms with E-state index in [1.807, 2.05) is 0 Å². The maximum Gasteiger partial charge on any atom is 0.303 e. The van der Waals surface area contributed by atoms with Gasteiger partial charge in [-0.3, -0.25) is 9.59 Å². The van der Waals surface area contributed by atoms with Gasteiger partial charge in [-0.25, -0.2) is 0 Å². The minimum absolute atomic E-state index is 0.0323. The summed E-state index contributed by atoms with van der Waals surface area (Å²) < 4.78 is 5.09. The smallest absolute Gasteiger partial charge is 0.303 e. The van der Waals surface area contributed by atoms with Gasteiger partial charge in [0.15, 0.2) is 0 Å². The SMILES string of the molecule is CC(CC(=O)O)CC(=O)Nc1cccc(-c2nnco2)c1. The lowest BCUT2D eigenvalue weighted by Gasteiger charge is -2.09. The van der Waals surface area contributed by atoms with Crippen LogP contribution in [0.25, 0.3) is 11.5 Å². The maximum atomic E-state index is 11.8. The average molecular weight is 289 g/mol. The Hall–Kier alpha value is -2.70. The number of carboxylic acids is 1. The summed E-state index contributed by atoms with van der Waals surface area (Å²) in [4.78, 5) is 22.4. The largest absolute Gasteiger partial charge is 0.481 e. The highest BCUT2D eigenvalue weighted by atomic mass is 16.4. The molecule has 0 bridgehead atoms. The molecule has 2 N–H and O–H groups in total. The fourth-order valence-corrected chi connectivity index (χ4v) is 1.93. The van der Waals surface area contributed by atoms with Gasteiger partial charge in [-0.2, -0.15) is 0 Å². The number of amides is 1. The first-order valence-corrected chi connectivity index (χ1v) is 6.43. The van der Waals surface area contributed by atoms with Gasteiger partial charge in [-0.15, -0.1) is 10.2 Å². The van der Waals surface area contributed by atoms with Crippen LogP contribution in [0, 0.1) is 5.92 Å². The van der Waals surface area contributed by atoms with Crippen molar-refractivity contribution in [1.82, 2.24) is 10.2 Å². The first-order chi connectivity index (χ1) is 10.0. The molecule has 0 saturated heterocycles. The third-order valence-corrected chi connectivity index (χ3v) is 2.81. The Labute approximate surface area is 121 Å². The van der Waals surface area contributed by atoms with Gasteiger partial charge in [-0.1, -0.05) is 13.0 Å². The molecule has 0 aliphatic heterocycles. The number of aliphatic carboxylic acids is 1. The zero-order valence-corrected chi connectivity index (χ0v) is 11.4. The van der Waals surface area contributed by atoms with Gasteiger partial charge >= 0.3 is 5.97 Å². The third-order valence-electron chi connectivity index (χ3n) is 2.81. The van der Waals surface area contributed by atoms with Crippen molar-refractivity contribution in [2.45, 2.75) is 19.8 Å². The van der Waals surface area contributed by atoms with E-state index in [-0.39, 0.29) is 24.7 Å². The molecular formula is C14H15N3O4. The average Bonchev–Trinajstić information content (AvgIpc) is 2.91. The third kappa shape index (κ3) is 4.41. The van der Waals surface area contributed by atoms with Crippen molar-refractivity contribution in [3.63, 3.8) is 0 Å². The minimum atomic E-state index is -0.909. The molecule has 1 aromatic heterocycles. The number of benzene rings is 1. The first kappa shape index (κ1) is 14.7. The molecule has 1 atom stereocenters. The van der Waals surface area contributed by atoms with Gasteiger partial charge in [0, 0.05) is 24.1 Å². The van der Waals surface area contributed by atoms with E-state index in [9.17, 15) is 9.59 Å². The molecule has 7 nitrogen and oxygen atoms in total. The summed E-state index contributed by atoms with van der Waals surface area (Å²) in [7, 11) is 0. The number of carbonyl (C=O) groups is 2. The fraction of sp³-hybridized carbons (Fsp3) is 0.286. The summed E-state index contributed by atoms with van der Waals surface area (Å²) >= 11 is 0. The van der Waals surface area contributed by atoms with Crippen LogP contribution in [0.5, 0.6) is 0 Å². The topological polar surface area (TPSA) is 105 Å². The second kappa shape index (κ2) is 6.65. The van der Waals surface area contributed by atoms with Crippen molar-refractivity contribution in [3.05, 3.63) is 30.7 Å². The number of nitrogens with zero attached hydrogens (tertiary/aromatic N) is 2. The highest BCUT2D eigenvalue weighted by Crippen LogP contribution is 2.20. The number of carboxylic acid groups (broad SMARTS) is 1. The van der Waals surface area contributed by atoms with Gasteiger partial charge in [-0.05, 0) is 24.1 Å². The van der Waals surface area contributed by atoms with E-state index in [0.717, 1.165) is 0 Å². The lowest BCUT2D eigenvalue weighted by Crippen LogP contribution is -2.16. The van der Waals surface area contributed by atoms with Crippen molar-refractivity contribution in [2.24, 2.45) is 5.92 Å². The number of rotatable bonds is 6. The van der Waals surface area contributed by atoms with Gasteiger partial charge < -0.3 is 14.8 Å². The van der Waals surface area contributed by atoms with Crippen LogP contribution in [0.1, 0.15) is 19.8 Å². The Kier molecular flexibility index (Phi) is 4.65. The van der Waals surface area contributed by atoms with Crippen LogP contribution in [0.4, 0.5) is 5.69 Å². The van der Waals surface area contributed by atoms with Gasteiger partial charge in [0.2, 0.25) is 18.2 Å². The Morgan fingerprint density at radius 2 is 2.19 bits per heavy atom. The van der Waals surface area contributed by atoms with Crippen LogP contribution in [0.15, 0.2) is 35.1 Å². The van der Waals surface area contributed by atoms with Crippen LogP contribution in [-0.4, -0.2) is 27.2 Å². The van der Waals surface area contributed by atoms with Crippen LogP contribution in [0.3, 0.4) is 0 Å². The van der Waals surface area contributed by atoms with Gasteiger partial charge in [0.25, 0.3) is 0 Å². The zero-order valence-electron chi connectivity index (χ0n) is 11.4. The number of hydrogen-bond acceptors (Lipinski definition) is 5. The molecule has 21 heavy (non-hydrogen) atoms. The monoisotopic (exact) mass is 289 g/mol. The van der Waals surface area contributed by atoms with E-state index in [4.69, 9.17) is 9.52 Å². The maximum absolute atomic E-state index is 11.8. The van der Waals surface area contributed by atoms with Crippen molar-refractivity contribution in [2.75, 3.05) is 5.32 Å². The van der Waals surface area contributed by atoms with E-state index < -0.39 is 5.97 Å². The Balaban J connectivity index is 1.98. The van der Waals surface area contributed by atoms with Crippen LogP contribution in [-0.2, 0) is 9.59 Å².